The molecule has 0 heterocycles. The second kappa shape index (κ2) is 7.28. The lowest BCUT2D eigenvalue weighted by atomic mass is 10.1. The first-order valence-corrected chi connectivity index (χ1v) is 8.13. The zero-order valence-corrected chi connectivity index (χ0v) is 12.2. The largest absolute Gasteiger partial charge is 0.416 e. The quantitative estimate of drug-likeness (QED) is 0.617. The van der Waals surface area contributed by atoms with Crippen LogP contribution < -0.4 is 4.72 Å². The van der Waals surface area contributed by atoms with Crippen LogP contribution in [-0.2, 0) is 22.7 Å². The van der Waals surface area contributed by atoms with Gasteiger partial charge in [-0.15, -0.1) is 11.6 Å². The van der Waals surface area contributed by atoms with Crippen LogP contribution in [0.25, 0.3) is 0 Å². The van der Waals surface area contributed by atoms with E-state index in [0.29, 0.717) is 18.7 Å². The molecule has 0 spiro atoms. The summed E-state index contributed by atoms with van der Waals surface area (Å²) in [5.41, 5.74) is -0.530. The molecule has 0 saturated carbocycles. The fourth-order valence-electron chi connectivity index (χ4n) is 1.51. The summed E-state index contributed by atoms with van der Waals surface area (Å²) in [6, 6.07) is 4.57. The maximum absolute atomic E-state index is 12.5. The van der Waals surface area contributed by atoms with Crippen LogP contribution in [0.15, 0.2) is 24.3 Å². The Hall–Kier alpha value is -0.790. The van der Waals surface area contributed by atoms with Gasteiger partial charge in [-0.05, 0) is 24.5 Å². The van der Waals surface area contributed by atoms with Gasteiger partial charge in [0.1, 0.15) is 0 Å². The average molecular weight is 330 g/mol. The maximum atomic E-state index is 12.5. The number of halogens is 4. The van der Waals surface area contributed by atoms with Crippen molar-refractivity contribution < 1.29 is 21.6 Å². The highest BCUT2D eigenvalue weighted by Gasteiger charge is 2.30. The Morgan fingerprint density at radius 2 is 1.90 bits per heavy atom. The lowest BCUT2D eigenvalue weighted by Crippen LogP contribution is -2.26. The third-order valence-electron chi connectivity index (χ3n) is 2.55. The van der Waals surface area contributed by atoms with Gasteiger partial charge in [-0.3, -0.25) is 0 Å². The van der Waals surface area contributed by atoms with Crippen LogP contribution in [-0.4, -0.2) is 20.1 Å². The minimum atomic E-state index is -4.44. The molecule has 1 rings (SSSR count). The molecule has 1 aromatic rings. The van der Waals surface area contributed by atoms with Crippen molar-refractivity contribution in [2.45, 2.75) is 25.6 Å². The van der Waals surface area contributed by atoms with Gasteiger partial charge >= 0.3 is 6.18 Å². The molecule has 0 aliphatic heterocycles. The molecule has 0 unspecified atom stereocenters. The van der Waals surface area contributed by atoms with Crippen molar-refractivity contribution in [1.82, 2.24) is 4.72 Å². The third-order valence-corrected chi connectivity index (χ3v) is 4.22. The molecule has 0 aromatic heterocycles. The second-order valence-corrected chi connectivity index (χ2v) is 6.54. The smallest absolute Gasteiger partial charge is 0.212 e. The van der Waals surface area contributed by atoms with E-state index < -0.39 is 21.8 Å². The summed E-state index contributed by atoms with van der Waals surface area (Å²) in [5, 5.41) is 0. The molecule has 1 N–H and O–H groups in total. The number of nitrogens with one attached hydrogen (secondary N) is 1. The summed E-state index contributed by atoms with van der Waals surface area (Å²) >= 11 is 5.44. The normalized spacial score (nSPS) is 12.6. The predicted molar refractivity (Wildman–Crippen MR) is 72.0 cm³/mol. The monoisotopic (exact) mass is 329 g/mol. The third kappa shape index (κ3) is 6.11. The molecule has 0 fully saturated rings. The van der Waals surface area contributed by atoms with Gasteiger partial charge in [0, 0.05) is 12.4 Å². The molecule has 114 valence electrons. The highest BCUT2D eigenvalue weighted by molar-refractivity contribution is 7.89. The van der Waals surface area contributed by atoms with Crippen LogP contribution in [0.5, 0.6) is 0 Å². The van der Waals surface area contributed by atoms with E-state index in [1.54, 1.807) is 0 Å². The average Bonchev–Trinajstić information content (AvgIpc) is 2.36. The molecule has 0 saturated heterocycles. The highest BCUT2D eigenvalue weighted by Crippen LogP contribution is 2.29. The molecule has 8 heteroatoms. The Labute approximate surface area is 121 Å². The van der Waals surface area contributed by atoms with Crippen LogP contribution in [0.4, 0.5) is 13.2 Å². The number of alkyl halides is 4. The SMILES string of the molecule is O=S(=O)(CCCCCl)NCc1cccc(C(F)(F)F)c1. The zero-order chi connectivity index (χ0) is 15.2. The summed E-state index contributed by atoms with van der Waals surface area (Å²) < 4.78 is 62.9. The molecular formula is C12H15ClF3NO2S. The van der Waals surface area contributed by atoms with Crippen molar-refractivity contribution in [3.8, 4) is 0 Å². The Bertz CT molecular complexity index is 532. The number of rotatable bonds is 7. The van der Waals surface area contributed by atoms with Crippen molar-refractivity contribution in [3.63, 3.8) is 0 Å². The van der Waals surface area contributed by atoms with Crippen molar-refractivity contribution in [3.05, 3.63) is 35.4 Å². The van der Waals surface area contributed by atoms with Gasteiger partial charge in [-0.2, -0.15) is 13.2 Å². The summed E-state index contributed by atoms with van der Waals surface area (Å²) in [4.78, 5) is 0. The van der Waals surface area contributed by atoms with Gasteiger partial charge < -0.3 is 0 Å². The van der Waals surface area contributed by atoms with E-state index in [1.807, 2.05) is 0 Å². The van der Waals surface area contributed by atoms with Crippen LogP contribution in [0, 0.1) is 0 Å². The van der Waals surface area contributed by atoms with Crippen molar-refractivity contribution >= 4 is 21.6 Å². The fraction of sp³-hybridized carbons (Fsp3) is 0.500. The first-order valence-electron chi connectivity index (χ1n) is 5.94. The molecule has 0 bridgehead atoms. The fourth-order valence-corrected chi connectivity index (χ4v) is 2.81. The van der Waals surface area contributed by atoms with Gasteiger partial charge in [0.25, 0.3) is 0 Å². The van der Waals surface area contributed by atoms with Crippen molar-refractivity contribution in [1.29, 1.82) is 0 Å². The van der Waals surface area contributed by atoms with Crippen LogP contribution in [0.3, 0.4) is 0 Å². The highest BCUT2D eigenvalue weighted by atomic mass is 35.5. The summed E-state index contributed by atoms with van der Waals surface area (Å²) in [6.45, 7) is -0.160. The van der Waals surface area contributed by atoms with Crippen LogP contribution in [0.1, 0.15) is 24.0 Å². The minimum absolute atomic E-state index is 0.0846. The molecule has 3 nitrogen and oxygen atoms in total. The minimum Gasteiger partial charge on any atom is -0.212 e. The van der Waals surface area contributed by atoms with Gasteiger partial charge in [0.05, 0.1) is 11.3 Å². The predicted octanol–water partition coefficient (Wildman–Crippen LogP) is 3.14. The van der Waals surface area contributed by atoms with Gasteiger partial charge in [0.2, 0.25) is 10.0 Å². The number of benzene rings is 1. The molecule has 0 atom stereocenters. The Kier molecular flexibility index (Phi) is 6.29. The topological polar surface area (TPSA) is 46.2 Å². The molecule has 1 aromatic carbocycles. The second-order valence-electron chi connectivity index (χ2n) is 4.23. The molecule has 0 amide bonds. The Morgan fingerprint density at radius 1 is 1.20 bits per heavy atom. The molecule has 0 radical (unpaired) electrons. The van der Waals surface area contributed by atoms with Crippen LogP contribution in [0.2, 0.25) is 0 Å². The first-order chi connectivity index (χ1) is 9.24. The number of hydrogen-bond acceptors (Lipinski definition) is 2. The summed E-state index contributed by atoms with van der Waals surface area (Å²) in [6.07, 6.45) is -3.44. The van der Waals surface area contributed by atoms with Gasteiger partial charge in [0.15, 0.2) is 0 Å². The summed E-state index contributed by atoms with van der Waals surface area (Å²) in [5.74, 6) is 0.293. The number of sulfonamides is 1. The molecule has 20 heavy (non-hydrogen) atoms. The number of hydrogen-bond donors (Lipinski definition) is 1. The van der Waals surface area contributed by atoms with E-state index in [0.717, 1.165) is 12.1 Å². The van der Waals surface area contributed by atoms with Gasteiger partial charge in [-0.25, -0.2) is 13.1 Å². The van der Waals surface area contributed by atoms with Crippen molar-refractivity contribution in [2.24, 2.45) is 0 Å². The Balaban J connectivity index is 2.62. The van der Waals surface area contributed by atoms with E-state index in [4.69, 9.17) is 11.6 Å². The number of unbranched alkanes of at least 4 members (excludes halogenated alkanes) is 1. The zero-order valence-electron chi connectivity index (χ0n) is 10.6. The van der Waals surface area contributed by atoms with E-state index >= 15 is 0 Å². The van der Waals surface area contributed by atoms with E-state index in [1.165, 1.54) is 12.1 Å². The molecule has 0 aliphatic carbocycles. The maximum Gasteiger partial charge on any atom is 0.416 e. The van der Waals surface area contributed by atoms with Crippen LogP contribution >= 0.6 is 11.6 Å². The van der Waals surface area contributed by atoms with E-state index in [-0.39, 0.29) is 17.9 Å². The Morgan fingerprint density at radius 3 is 2.50 bits per heavy atom. The van der Waals surface area contributed by atoms with Gasteiger partial charge in [-0.1, -0.05) is 18.2 Å². The van der Waals surface area contributed by atoms with E-state index in [2.05, 4.69) is 4.72 Å². The lowest BCUT2D eigenvalue weighted by Gasteiger charge is -2.10. The van der Waals surface area contributed by atoms with E-state index in [9.17, 15) is 21.6 Å². The standard InChI is InChI=1S/C12H15ClF3NO2S/c13-6-1-2-7-20(18,19)17-9-10-4-3-5-11(8-10)12(14,15)16/h3-5,8,17H,1-2,6-7,9H2. The summed E-state index contributed by atoms with van der Waals surface area (Å²) in [7, 11) is -3.49. The first kappa shape index (κ1) is 17.3. The molecule has 0 aliphatic rings. The van der Waals surface area contributed by atoms with Crippen molar-refractivity contribution in [2.75, 3.05) is 11.6 Å². The molecular weight excluding hydrogens is 315 g/mol. The lowest BCUT2D eigenvalue weighted by molar-refractivity contribution is -0.137.